The van der Waals surface area contributed by atoms with Gasteiger partial charge in [0, 0.05) is 29.7 Å². The first-order valence-electron chi connectivity index (χ1n) is 4.98. The van der Waals surface area contributed by atoms with Crippen molar-refractivity contribution in [1.29, 1.82) is 0 Å². The van der Waals surface area contributed by atoms with Gasteiger partial charge in [0.1, 0.15) is 0 Å². The molecule has 1 saturated heterocycles. The molecule has 86 valence electrons. The molecule has 1 fully saturated rings. The zero-order valence-electron chi connectivity index (χ0n) is 8.45. The van der Waals surface area contributed by atoms with E-state index in [-0.39, 0.29) is 5.69 Å². The van der Waals surface area contributed by atoms with Gasteiger partial charge in [-0.2, -0.15) is 0 Å². The van der Waals surface area contributed by atoms with Crippen LogP contribution in [0, 0.1) is 10.1 Å². The largest absolute Gasteiger partial charge is 0.369 e. The summed E-state index contributed by atoms with van der Waals surface area (Å²) in [5, 5.41) is 11.1. The smallest absolute Gasteiger partial charge is 0.272 e. The summed E-state index contributed by atoms with van der Waals surface area (Å²) in [6.45, 7) is 1.91. The molecule has 1 aliphatic rings. The summed E-state index contributed by atoms with van der Waals surface area (Å²) in [7, 11) is 0. The Bertz CT molecular complexity index is 410. The molecule has 1 aliphatic heterocycles. The number of rotatable bonds is 2. The van der Waals surface area contributed by atoms with Gasteiger partial charge in [-0.1, -0.05) is 11.6 Å². The van der Waals surface area contributed by atoms with Crippen molar-refractivity contribution in [3.8, 4) is 0 Å². The molecule has 0 aliphatic carbocycles. The fourth-order valence-corrected chi connectivity index (χ4v) is 3.05. The summed E-state index contributed by atoms with van der Waals surface area (Å²) in [6, 6.07) is 2.90. The summed E-state index contributed by atoms with van der Waals surface area (Å²) in [4.78, 5) is 12.4. The zero-order valence-corrected chi connectivity index (χ0v) is 10.8. The molecule has 0 amide bonds. The van der Waals surface area contributed by atoms with E-state index in [1.54, 1.807) is 0 Å². The third-order valence-corrected chi connectivity index (χ3v) is 3.53. The highest BCUT2D eigenvalue weighted by Gasteiger charge is 2.21. The van der Waals surface area contributed by atoms with Gasteiger partial charge in [0.25, 0.3) is 5.69 Å². The normalized spacial score (nSPS) is 15.5. The first-order valence-corrected chi connectivity index (χ1v) is 6.15. The van der Waals surface area contributed by atoms with Gasteiger partial charge in [-0.15, -0.1) is 0 Å². The van der Waals surface area contributed by atoms with Crippen molar-refractivity contribution < 1.29 is 4.92 Å². The third-order valence-electron chi connectivity index (χ3n) is 2.63. The van der Waals surface area contributed by atoms with Crippen molar-refractivity contribution >= 4 is 38.9 Å². The minimum Gasteiger partial charge on any atom is -0.369 e. The predicted octanol–water partition coefficient (Wildman–Crippen LogP) is 3.61. The third kappa shape index (κ3) is 2.15. The topological polar surface area (TPSA) is 46.4 Å². The van der Waals surface area contributed by atoms with Crippen LogP contribution < -0.4 is 4.90 Å². The second kappa shape index (κ2) is 4.59. The molecule has 0 radical (unpaired) electrons. The van der Waals surface area contributed by atoms with Crippen molar-refractivity contribution in [2.75, 3.05) is 18.0 Å². The van der Waals surface area contributed by atoms with E-state index in [1.165, 1.54) is 12.1 Å². The van der Waals surface area contributed by atoms with E-state index in [4.69, 9.17) is 11.6 Å². The number of anilines is 1. The second-order valence-electron chi connectivity index (χ2n) is 3.71. The van der Waals surface area contributed by atoms with Gasteiger partial charge < -0.3 is 4.90 Å². The Morgan fingerprint density at radius 1 is 1.38 bits per heavy atom. The van der Waals surface area contributed by atoms with E-state index < -0.39 is 4.92 Å². The lowest BCUT2D eigenvalue weighted by Gasteiger charge is -2.20. The van der Waals surface area contributed by atoms with Gasteiger partial charge in [0.2, 0.25) is 0 Å². The lowest BCUT2D eigenvalue weighted by atomic mass is 10.2. The summed E-state index contributed by atoms with van der Waals surface area (Å²) in [5.74, 6) is 0. The molecule has 0 saturated carbocycles. The number of nitro benzene ring substituents is 1. The molecule has 1 aromatic carbocycles. The molecule has 2 rings (SSSR count). The number of non-ortho nitro benzene ring substituents is 1. The second-order valence-corrected chi connectivity index (χ2v) is 4.97. The molecule has 0 bridgehead atoms. The van der Waals surface area contributed by atoms with E-state index in [1.807, 2.05) is 0 Å². The molecular weight excluding hydrogens is 295 g/mol. The molecule has 1 aromatic rings. The number of benzene rings is 1. The van der Waals surface area contributed by atoms with Crippen LogP contribution in [0.5, 0.6) is 0 Å². The number of halogens is 2. The molecule has 0 atom stereocenters. The van der Waals surface area contributed by atoms with Gasteiger partial charge in [0.15, 0.2) is 0 Å². The highest BCUT2D eigenvalue weighted by molar-refractivity contribution is 9.10. The van der Waals surface area contributed by atoms with E-state index >= 15 is 0 Å². The van der Waals surface area contributed by atoms with Gasteiger partial charge in [-0.3, -0.25) is 10.1 Å². The molecule has 16 heavy (non-hydrogen) atoms. The summed E-state index contributed by atoms with van der Waals surface area (Å²) < 4.78 is 0.689. The Hall–Kier alpha value is -0.810. The van der Waals surface area contributed by atoms with Crippen LogP contribution in [0.4, 0.5) is 11.4 Å². The number of nitrogens with zero attached hydrogens (tertiary/aromatic N) is 2. The highest BCUT2D eigenvalue weighted by atomic mass is 79.9. The quantitative estimate of drug-likeness (QED) is 0.619. The summed E-state index contributed by atoms with van der Waals surface area (Å²) in [6.07, 6.45) is 2.28. The Morgan fingerprint density at radius 3 is 2.50 bits per heavy atom. The lowest BCUT2D eigenvalue weighted by molar-refractivity contribution is -0.384. The van der Waals surface area contributed by atoms with Gasteiger partial charge in [-0.05, 0) is 28.8 Å². The van der Waals surface area contributed by atoms with Crippen LogP contribution in [0.1, 0.15) is 12.8 Å². The van der Waals surface area contributed by atoms with Gasteiger partial charge in [-0.25, -0.2) is 0 Å². The minimum absolute atomic E-state index is 0.0137. The van der Waals surface area contributed by atoms with Crippen molar-refractivity contribution in [1.82, 2.24) is 0 Å². The molecular formula is C10H10BrClN2O2. The number of nitro groups is 1. The molecule has 0 unspecified atom stereocenters. The van der Waals surface area contributed by atoms with Gasteiger partial charge in [0.05, 0.1) is 15.6 Å². The molecule has 0 aromatic heterocycles. The molecule has 0 spiro atoms. The monoisotopic (exact) mass is 304 g/mol. The standard InChI is InChI=1S/C10H10BrClN2O2/c11-8-5-7(14(15)16)6-9(12)10(8)13-3-1-2-4-13/h5-6H,1-4H2. The van der Waals surface area contributed by atoms with Crippen molar-refractivity contribution in [3.05, 3.63) is 31.7 Å². The molecule has 6 heteroatoms. The maximum absolute atomic E-state index is 10.7. The van der Waals surface area contributed by atoms with Crippen LogP contribution in [0.2, 0.25) is 5.02 Å². The molecule has 0 N–H and O–H groups in total. The summed E-state index contributed by atoms with van der Waals surface area (Å²) in [5.41, 5.74) is 0.879. The maximum atomic E-state index is 10.7. The van der Waals surface area contributed by atoms with Crippen LogP contribution in [0.3, 0.4) is 0 Å². The van der Waals surface area contributed by atoms with Crippen molar-refractivity contribution in [2.45, 2.75) is 12.8 Å². The lowest BCUT2D eigenvalue weighted by Crippen LogP contribution is -2.18. The first-order chi connectivity index (χ1) is 7.59. The van der Waals surface area contributed by atoms with Crippen LogP contribution in [0.25, 0.3) is 0 Å². The van der Waals surface area contributed by atoms with Crippen LogP contribution in [0.15, 0.2) is 16.6 Å². The van der Waals surface area contributed by atoms with Crippen LogP contribution in [-0.2, 0) is 0 Å². The van der Waals surface area contributed by atoms with Crippen LogP contribution >= 0.6 is 27.5 Å². The van der Waals surface area contributed by atoms with E-state index in [9.17, 15) is 10.1 Å². The SMILES string of the molecule is O=[N+]([O-])c1cc(Cl)c(N2CCCC2)c(Br)c1. The number of hydrogen-bond acceptors (Lipinski definition) is 3. The average Bonchev–Trinajstić information content (AvgIpc) is 2.69. The van der Waals surface area contributed by atoms with Crippen molar-refractivity contribution in [2.24, 2.45) is 0 Å². The van der Waals surface area contributed by atoms with E-state index in [0.717, 1.165) is 31.6 Å². The molecule has 1 heterocycles. The minimum atomic E-state index is -0.440. The Kier molecular flexibility index (Phi) is 3.35. The number of hydrogen-bond donors (Lipinski definition) is 0. The fraction of sp³-hybridized carbons (Fsp3) is 0.400. The van der Waals surface area contributed by atoms with Gasteiger partial charge >= 0.3 is 0 Å². The Labute approximate surface area is 106 Å². The highest BCUT2D eigenvalue weighted by Crippen LogP contribution is 2.38. The average molecular weight is 306 g/mol. The van der Waals surface area contributed by atoms with Crippen LogP contribution in [-0.4, -0.2) is 18.0 Å². The van der Waals surface area contributed by atoms with E-state index in [2.05, 4.69) is 20.8 Å². The maximum Gasteiger partial charge on any atom is 0.272 e. The fourth-order valence-electron chi connectivity index (χ4n) is 1.90. The van der Waals surface area contributed by atoms with Crippen molar-refractivity contribution in [3.63, 3.8) is 0 Å². The Balaban J connectivity index is 2.42. The zero-order chi connectivity index (χ0) is 11.7. The Morgan fingerprint density at radius 2 is 2.00 bits per heavy atom. The van der Waals surface area contributed by atoms with E-state index in [0.29, 0.717) is 9.50 Å². The summed E-state index contributed by atoms with van der Waals surface area (Å²) >= 11 is 9.43. The first kappa shape index (κ1) is 11.7. The molecule has 4 nitrogen and oxygen atoms in total. The predicted molar refractivity (Wildman–Crippen MR) is 67.3 cm³/mol.